The number of rotatable bonds is 5. The van der Waals surface area contributed by atoms with Crippen LogP contribution in [0.3, 0.4) is 0 Å². The van der Waals surface area contributed by atoms with Crippen molar-refractivity contribution in [3.63, 3.8) is 0 Å². The average Bonchev–Trinajstić information content (AvgIpc) is 2.73. The molecule has 5 heteroatoms. The molecule has 0 spiro atoms. The lowest BCUT2D eigenvalue weighted by Crippen LogP contribution is -2.25. The zero-order valence-electron chi connectivity index (χ0n) is 10.5. The van der Waals surface area contributed by atoms with Crippen LogP contribution in [0.15, 0.2) is 24.3 Å². The lowest BCUT2D eigenvalue weighted by molar-refractivity contribution is 0.0949. The molecule has 96 valence electrons. The van der Waals surface area contributed by atoms with Crippen molar-refractivity contribution >= 4 is 16.8 Å². The quantitative estimate of drug-likeness (QED) is 0.774. The number of carbonyl (C=O) groups excluding carboxylic acids is 1. The molecule has 0 bridgehead atoms. The van der Waals surface area contributed by atoms with Crippen molar-refractivity contribution in [3.05, 3.63) is 30.0 Å². The van der Waals surface area contributed by atoms with Crippen LogP contribution in [0.25, 0.3) is 10.9 Å². The van der Waals surface area contributed by atoms with Crippen molar-refractivity contribution in [2.24, 2.45) is 12.8 Å². The molecule has 1 aromatic carbocycles. The van der Waals surface area contributed by atoms with Gasteiger partial charge in [0, 0.05) is 19.0 Å². The Labute approximate surface area is 106 Å². The predicted molar refractivity (Wildman–Crippen MR) is 71.3 cm³/mol. The van der Waals surface area contributed by atoms with Gasteiger partial charge in [0.1, 0.15) is 0 Å². The minimum Gasteiger partial charge on any atom is -0.351 e. The first-order chi connectivity index (χ1) is 8.74. The molecule has 0 saturated carbocycles. The van der Waals surface area contributed by atoms with Gasteiger partial charge in [-0.1, -0.05) is 18.2 Å². The number of unbranched alkanes of at least 4 members (excludes halogenated alkanes) is 1. The molecule has 18 heavy (non-hydrogen) atoms. The number of carbonyl (C=O) groups is 1. The van der Waals surface area contributed by atoms with E-state index in [1.807, 2.05) is 31.3 Å². The van der Waals surface area contributed by atoms with Crippen LogP contribution >= 0.6 is 0 Å². The number of nitrogens with one attached hydrogen (secondary N) is 1. The van der Waals surface area contributed by atoms with E-state index in [-0.39, 0.29) is 5.91 Å². The summed E-state index contributed by atoms with van der Waals surface area (Å²) in [5, 5.41) is 8.02. The first-order valence-corrected chi connectivity index (χ1v) is 6.14. The normalized spacial score (nSPS) is 10.8. The van der Waals surface area contributed by atoms with Crippen LogP contribution in [0.4, 0.5) is 0 Å². The Morgan fingerprint density at radius 3 is 2.94 bits per heavy atom. The van der Waals surface area contributed by atoms with Gasteiger partial charge in [-0.3, -0.25) is 9.48 Å². The first-order valence-electron chi connectivity index (χ1n) is 6.14. The second kappa shape index (κ2) is 5.64. The molecule has 0 aliphatic rings. The molecule has 2 aromatic rings. The zero-order chi connectivity index (χ0) is 13.0. The molecule has 5 nitrogen and oxygen atoms in total. The van der Waals surface area contributed by atoms with E-state index in [9.17, 15) is 4.79 Å². The van der Waals surface area contributed by atoms with E-state index in [2.05, 4.69) is 10.4 Å². The number of hydrogen-bond acceptors (Lipinski definition) is 3. The van der Waals surface area contributed by atoms with Crippen molar-refractivity contribution in [2.45, 2.75) is 12.8 Å². The van der Waals surface area contributed by atoms with Crippen LogP contribution in [0.2, 0.25) is 0 Å². The summed E-state index contributed by atoms with van der Waals surface area (Å²) in [6.07, 6.45) is 1.82. The highest BCUT2D eigenvalue weighted by atomic mass is 16.1. The highest BCUT2D eigenvalue weighted by Gasteiger charge is 2.14. The summed E-state index contributed by atoms with van der Waals surface area (Å²) in [5.41, 5.74) is 6.86. The maximum Gasteiger partial charge on any atom is 0.272 e. The second-order valence-electron chi connectivity index (χ2n) is 4.24. The van der Waals surface area contributed by atoms with Crippen LogP contribution in [0, 0.1) is 0 Å². The third-order valence-electron chi connectivity index (χ3n) is 2.89. The molecule has 0 atom stereocenters. The van der Waals surface area contributed by atoms with Crippen LogP contribution in [-0.2, 0) is 7.05 Å². The number of fused-ring (bicyclic) bond motifs is 1. The molecule has 0 unspecified atom stereocenters. The summed E-state index contributed by atoms with van der Waals surface area (Å²) >= 11 is 0. The van der Waals surface area contributed by atoms with Crippen LogP contribution in [0.1, 0.15) is 23.3 Å². The molecular weight excluding hydrogens is 228 g/mol. The van der Waals surface area contributed by atoms with Crippen molar-refractivity contribution in [3.8, 4) is 0 Å². The summed E-state index contributed by atoms with van der Waals surface area (Å²) in [5.74, 6) is -0.121. The van der Waals surface area contributed by atoms with Crippen LogP contribution in [0.5, 0.6) is 0 Å². The number of nitrogens with two attached hydrogens (primary N) is 1. The standard InChI is InChI=1S/C13H18N4O/c1-17-11-7-3-2-6-10(11)12(16-17)13(18)15-9-5-4-8-14/h2-3,6-7H,4-5,8-9,14H2,1H3,(H,15,18). The summed E-state index contributed by atoms with van der Waals surface area (Å²) in [6, 6.07) is 7.72. The van der Waals surface area contributed by atoms with Gasteiger partial charge < -0.3 is 11.1 Å². The number of nitrogens with zero attached hydrogens (tertiary/aromatic N) is 2. The molecule has 2 rings (SSSR count). The maximum atomic E-state index is 12.0. The number of benzene rings is 1. The van der Waals surface area contributed by atoms with Crippen molar-refractivity contribution in [1.29, 1.82) is 0 Å². The maximum absolute atomic E-state index is 12.0. The highest BCUT2D eigenvalue weighted by Crippen LogP contribution is 2.17. The number of aryl methyl sites for hydroxylation is 1. The minimum atomic E-state index is -0.121. The monoisotopic (exact) mass is 246 g/mol. The van der Waals surface area contributed by atoms with Gasteiger partial charge in [0.25, 0.3) is 5.91 Å². The van der Waals surface area contributed by atoms with Crippen molar-refractivity contribution < 1.29 is 4.79 Å². The smallest absolute Gasteiger partial charge is 0.272 e. The van der Waals surface area contributed by atoms with Gasteiger partial charge in [-0.25, -0.2) is 0 Å². The molecule has 0 fully saturated rings. The topological polar surface area (TPSA) is 72.9 Å². The fraction of sp³-hybridized carbons (Fsp3) is 0.385. The van der Waals surface area contributed by atoms with Gasteiger partial charge >= 0.3 is 0 Å². The van der Waals surface area contributed by atoms with Crippen molar-refractivity contribution in [1.82, 2.24) is 15.1 Å². The Morgan fingerprint density at radius 1 is 1.39 bits per heavy atom. The number of para-hydroxylation sites is 1. The zero-order valence-corrected chi connectivity index (χ0v) is 10.5. The van der Waals surface area contributed by atoms with E-state index in [1.165, 1.54) is 0 Å². The number of hydrogen-bond donors (Lipinski definition) is 2. The molecule has 1 amide bonds. The third kappa shape index (κ3) is 2.51. The van der Waals surface area contributed by atoms with Gasteiger partial charge in [-0.05, 0) is 25.5 Å². The lowest BCUT2D eigenvalue weighted by Gasteiger charge is -2.02. The number of amides is 1. The van der Waals surface area contributed by atoms with Crippen molar-refractivity contribution in [2.75, 3.05) is 13.1 Å². The number of aromatic nitrogens is 2. The molecule has 3 N–H and O–H groups in total. The Bertz CT molecular complexity index is 547. The summed E-state index contributed by atoms with van der Waals surface area (Å²) < 4.78 is 1.73. The third-order valence-corrected chi connectivity index (χ3v) is 2.89. The summed E-state index contributed by atoms with van der Waals surface area (Å²) in [7, 11) is 1.84. The predicted octanol–water partition coefficient (Wildman–Crippen LogP) is 1.04. The fourth-order valence-corrected chi connectivity index (χ4v) is 1.94. The highest BCUT2D eigenvalue weighted by molar-refractivity contribution is 6.04. The Hall–Kier alpha value is -1.88. The van der Waals surface area contributed by atoms with Crippen LogP contribution in [-0.4, -0.2) is 28.8 Å². The summed E-state index contributed by atoms with van der Waals surface area (Å²) in [6.45, 7) is 1.29. The van der Waals surface area contributed by atoms with Gasteiger partial charge in [-0.2, -0.15) is 5.10 Å². The Morgan fingerprint density at radius 2 is 2.17 bits per heavy atom. The molecule has 0 aliphatic heterocycles. The molecule has 0 saturated heterocycles. The van der Waals surface area contributed by atoms with E-state index < -0.39 is 0 Å². The molecule has 0 aliphatic carbocycles. The molecular formula is C13H18N4O. The van der Waals surface area contributed by atoms with Gasteiger partial charge in [0.2, 0.25) is 0 Å². The lowest BCUT2D eigenvalue weighted by atomic mass is 10.2. The molecule has 1 aromatic heterocycles. The minimum absolute atomic E-state index is 0.121. The van der Waals surface area contributed by atoms with Gasteiger partial charge in [0.05, 0.1) is 5.52 Å². The van der Waals surface area contributed by atoms with E-state index in [1.54, 1.807) is 4.68 Å². The Balaban J connectivity index is 2.13. The largest absolute Gasteiger partial charge is 0.351 e. The van der Waals surface area contributed by atoms with E-state index in [4.69, 9.17) is 5.73 Å². The van der Waals surface area contributed by atoms with E-state index in [0.29, 0.717) is 18.8 Å². The SMILES string of the molecule is Cn1nc(C(=O)NCCCCN)c2ccccc21. The molecule has 0 radical (unpaired) electrons. The van der Waals surface area contributed by atoms with Crippen LogP contribution < -0.4 is 11.1 Å². The fourth-order valence-electron chi connectivity index (χ4n) is 1.94. The first kappa shape index (κ1) is 12.6. The van der Waals surface area contributed by atoms with Gasteiger partial charge in [0.15, 0.2) is 5.69 Å². The summed E-state index contributed by atoms with van der Waals surface area (Å²) in [4.78, 5) is 12.0. The molecule has 1 heterocycles. The second-order valence-corrected chi connectivity index (χ2v) is 4.24. The Kier molecular flexibility index (Phi) is 3.94. The van der Waals surface area contributed by atoms with E-state index in [0.717, 1.165) is 23.7 Å². The van der Waals surface area contributed by atoms with Gasteiger partial charge in [-0.15, -0.1) is 0 Å². The average molecular weight is 246 g/mol. The van der Waals surface area contributed by atoms with E-state index >= 15 is 0 Å².